The normalized spacial score (nSPS) is 17.4. The highest BCUT2D eigenvalue weighted by Gasteiger charge is 2.22. The van der Waals surface area contributed by atoms with Crippen LogP contribution in [0, 0.1) is 0 Å². The minimum Gasteiger partial charge on any atom is -0.493 e. The number of benzene rings is 1. The van der Waals surface area contributed by atoms with Crippen LogP contribution < -0.4 is 10.1 Å². The molecule has 6 heteroatoms. The van der Waals surface area contributed by atoms with Crippen LogP contribution in [0.1, 0.15) is 12.8 Å². The van der Waals surface area contributed by atoms with E-state index in [1.165, 1.54) is 0 Å². The van der Waals surface area contributed by atoms with Gasteiger partial charge in [-0.15, -0.1) is 12.4 Å². The Bertz CT molecular complexity index is 439. The third kappa shape index (κ3) is 4.96. The van der Waals surface area contributed by atoms with E-state index in [1.54, 1.807) is 0 Å². The summed E-state index contributed by atoms with van der Waals surface area (Å²) in [5.74, 6) is 0.927. The van der Waals surface area contributed by atoms with E-state index in [9.17, 15) is 4.79 Å². The summed E-state index contributed by atoms with van der Waals surface area (Å²) < 4.78 is 6.55. The molecule has 1 N–H and O–H groups in total. The Morgan fingerprint density at radius 3 is 3.00 bits per heavy atom. The quantitative estimate of drug-likeness (QED) is 0.874. The molecular weight excluding hydrogens is 344 g/mol. The molecule has 1 fully saturated rings. The molecule has 1 atom stereocenters. The smallest absolute Gasteiger partial charge is 0.226 e. The first kappa shape index (κ1) is 17.3. The zero-order valence-electron chi connectivity index (χ0n) is 11.5. The Morgan fingerprint density at radius 1 is 1.55 bits per heavy atom. The molecule has 112 valence electrons. The van der Waals surface area contributed by atoms with Crippen molar-refractivity contribution in [2.75, 3.05) is 26.7 Å². The Kier molecular flexibility index (Phi) is 7.34. The molecule has 2 rings (SSSR count). The first-order valence-corrected chi connectivity index (χ1v) is 7.31. The van der Waals surface area contributed by atoms with Gasteiger partial charge in [-0.3, -0.25) is 4.79 Å². The molecular formula is C14H20BrClN2O2. The van der Waals surface area contributed by atoms with Crippen LogP contribution in [0.15, 0.2) is 28.7 Å². The number of carbonyl (C=O) groups excluding carboxylic acids is 1. The van der Waals surface area contributed by atoms with Gasteiger partial charge in [0, 0.05) is 24.1 Å². The Morgan fingerprint density at radius 2 is 2.35 bits per heavy atom. The second-order valence-corrected chi connectivity index (χ2v) is 5.62. The van der Waals surface area contributed by atoms with Crippen LogP contribution in [0.25, 0.3) is 0 Å². The highest BCUT2D eigenvalue weighted by atomic mass is 79.9. The van der Waals surface area contributed by atoms with Crippen molar-refractivity contribution in [3.05, 3.63) is 28.7 Å². The highest BCUT2D eigenvalue weighted by molar-refractivity contribution is 9.10. The summed E-state index contributed by atoms with van der Waals surface area (Å²) in [5, 5.41) is 3.27. The highest BCUT2D eigenvalue weighted by Crippen LogP contribution is 2.18. The summed E-state index contributed by atoms with van der Waals surface area (Å²) in [6.07, 6.45) is 1.45. The number of hydrogen-bond donors (Lipinski definition) is 1. The van der Waals surface area contributed by atoms with Gasteiger partial charge in [-0.25, -0.2) is 0 Å². The van der Waals surface area contributed by atoms with Gasteiger partial charge >= 0.3 is 0 Å². The molecule has 0 saturated carbocycles. The van der Waals surface area contributed by atoms with E-state index in [4.69, 9.17) is 4.74 Å². The maximum absolute atomic E-state index is 12.0. The SMILES string of the molecule is CN(C(=O)CCOc1cccc(Br)c1)C1CCNC1.Cl. The minimum absolute atomic E-state index is 0. The number of rotatable bonds is 5. The zero-order valence-corrected chi connectivity index (χ0v) is 13.9. The molecule has 0 spiro atoms. The molecule has 0 aromatic heterocycles. The lowest BCUT2D eigenvalue weighted by atomic mass is 10.2. The number of nitrogens with zero attached hydrogens (tertiary/aromatic N) is 1. The van der Waals surface area contributed by atoms with Crippen molar-refractivity contribution in [1.29, 1.82) is 0 Å². The van der Waals surface area contributed by atoms with E-state index in [0.29, 0.717) is 19.1 Å². The maximum atomic E-state index is 12.0. The largest absolute Gasteiger partial charge is 0.493 e. The lowest BCUT2D eigenvalue weighted by Crippen LogP contribution is -2.38. The van der Waals surface area contributed by atoms with Crippen molar-refractivity contribution in [2.24, 2.45) is 0 Å². The van der Waals surface area contributed by atoms with E-state index >= 15 is 0 Å². The van der Waals surface area contributed by atoms with Crippen molar-refractivity contribution in [3.63, 3.8) is 0 Å². The summed E-state index contributed by atoms with van der Waals surface area (Å²) in [4.78, 5) is 13.8. The van der Waals surface area contributed by atoms with E-state index in [0.717, 1.165) is 29.7 Å². The molecule has 4 nitrogen and oxygen atoms in total. The fraction of sp³-hybridized carbons (Fsp3) is 0.500. The summed E-state index contributed by atoms with van der Waals surface area (Å²) in [5.41, 5.74) is 0. The molecule has 0 aliphatic carbocycles. The van der Waals surface area contributed by atoms with Gasteiger partial charge in [-0.1, -0.05) is 22.0 Å². The van der Waals surface area contributed by atoms with Gasteiger partial charge in [0.15, 0.2) is 0 Å². The standard InChI is InChI=1S/C14H19BrN2O2.ClH/c1-17(12-5-7-16-10-12)14(18)6-8-19-13-4-2-3-11(15)9-13;/h2-4,9,12,16H,5-8,10H2,1H3;1H. The van der Waals surface area contributed by atoms with Gasteiger partial charge in [0.05, 0.1) is 13.0 Å². The average Bonchev–Trinajstić information content (AvgIpc) is 2.91. The number of likely N-dealkylation sites (N-methyl/N-ethyl adjacent to an activating group) is 1. The van der Waals surface area contributed by atoms with Crippen LogP contribution in [0.4, 0.5) is 0 Å². The minimum atomic E-state index is 0. The van der Waals surface area contributed by atoms with Crippen LogP contribution in [-0.2, 0) is 4.79 Å². The van der Waals surface area contributed by atoms with Gasteiger partial charge in [-0.2, -0.15) is 0 Å². The fourth-order valence-electron chi connectivity index (χ4n) is 2.16. The zero-order chi connectivity index (χ0) is 13.7. The van der Waals surface area contributed by atoms with Gasteiger partial charge < -0.3 is 15.0 Å². The third-order valence-electron chi connectivity index (χ3n) is 3.36. The van der Waals surface area contributed by atoms with Gasteiger partial charge in [0.25, 0.3) is 0 Å². The molecule has 1 amide bonds. The Hall–Kier alpha value is -0.780. The average molecular weight is 364 g/mol. The molecule has 1 aliphatic rings. The predicted octanol–water partition coefficient (Wildman–Crippen LogP) is 2.46. The summed E-state index contributed by atoms with van der Waals surface area (Å²) in [6.45, 7) is 2.31. The molecule has 20 heavy (non-hydrogen) atoms. The van der Waals surface area contributed by atoms with Crippen molar-refractivity contribution < 1.29 is 9.53 Å². The monoisotopic (exact) mass is 362 g/mol. The van der Waals surface area contributed by atoms with E-state index in [-0.39, 0.29) is 18.3 Å². The molecule has 1 unspecified atom stereocenters. The third-order valence-corrected chi connectivity index (χ3v) is 3.85. The van der Waals surface area contributed by atoms with Gasteiger partial charge in [0.2, 0.25) is 5.91 Å². The predicted molar refractivity (Wildman–Crippen MR) is 85.5 cm³/mol. The molecule has 0 radical (unpaired) electrons. The van der Waals surface area contributed by atoms with Gasteiger partial charge in [-0.05, 0) is 31.2 Å². The first-order valence-electron chi connectivity index (χ1n) is 6.51. The van der Waals surface area contributed by atoms with Crippen LogP contribution in [0.2, 0.25) is 0 Å². The number of hydrogen-bond acceptors (Lipinski definition) is 3. The molecule has 0 bridgehead atoms. The lowest BCUT2D eigenvalue weighted by molar-refractivity contribution is -0.132. The van der Waals surface area contributed by atoms with E-state index in [2.05, 4.69) is 21.2 Å². The Labute approximate surface area is 134 Å². The first-order chi connectivity index (χ1) is 9.16. The molecule has 1 heterocycles. The van der Waals surface area contributed by atoms with Crippen LogP contribution in [-0.4, -0.2) is 43.6 Å². The maximum Gasteiger partial charge on any atom is 0.226 e. The number of nitrogens with one attached hydrogen (secondary N) is 1. The lowest BCUT2D eigenvalue weighted by Gasteiger charge is -2.23. The second-order valence-electron chi connectivity index (χ2n) is 4.71. The Balaban J connectivity index is 0.00000200. The molecule has 1 aromatic carbocycles. The fourth-order valence-corrected chi connectivity index (χ4v) is 2.54. The summed E-state index contributed by atoms with van der Waals surface area (Å²) in [6, 6.07) is 7.98. The van der Waals surface area contributed by atoms with Crippen molar-refractivity contribution in [3.8, 4) is 5.75 Å². The number of amides is 1. The summed E-state index contributed by atoms with van der Waals surface area (Å²) >= 11 is 3.39. The number of carbonyl (C=O) groups is 1. The second kappa shape index (κ2) is 8.49. The van der Waals surface area contributed by atoms with E-state index < -0.39 is 0 Å². The molecule has 1 aromatic rings. The summed E-state index contributed by atoms with van der Waals surface area (Å²) in [7, 11) is 1.87. The van der Waals surface area contributed by atoms with Crippen LogP contribution >= 0.6 is 28.3 Å². The van der Waals surface area contributed by atoms with Crippen molar-refractivity contribution in [1.82, 2.24) is 10.2 Å². The van der Waals surface area contributed by atoms with Crippen molar-refractivity contribution in [2.45, 2.75) is 18.9 Å². The van der Waals surface area contributed by atoms with E-state index in [1.807, 2.05) is 36.2 Å². The number of ether oxygens (including phenoxy) is 1. The molecule has 1 aliphatic heterocycles. The number of halogens is 2. The van der Waals surface area contributed by atoms with Crippen molar-refractivity contribution >= 4 is 34.2 Å². The van der Waals surface area contributed by atoms with Crippen LogP contribution in [0.3, 0.4) is 0 Å². The van der Waals surface area contributed by atoms with Gasteiger partial charge in [0.1, 0.15) is 5.75 Å². The molecule has 1 saturated heterocycles. The topological polar surface area (TPSA) is 41.6 Å². The van der Waals surface area contributed by atoms with Crippen LogP contribution in [0.5, 0.6) is 5.75 Å².